The lowest BCUT2D eigenvalue weighted by Crippen LogP contribution is -2.57. The fourth-order valence-corrected chi connectivity index (χ4v) is 5.45. The average molecular weight is 474 g/mol. The molecule has 0 radical (unpaired) electrons. The summed E-state index contributed by atoms with van der Waals surface area (Å²) in [5.41, 5.74) is 3.74. The van der Waals surface area contributed by atoms with Crippen molar-refractivity contribution >= 4 is 18.0 Å². The Kier molecular flexibility index (Phi) is 5.26. The Balaban J connectivity index is 1.28. The van der Waals surface area contributed by atoms with Crippen molar-refractivity contribution in [1.29, 1.82) is 0 Å². The number of hydrogen-bond acceptors (Lipinski definition) is 4. The van der Waals surface area contributed by atoms with Gasteiger partial charge in [-0.05, 0) is 34.6 Å². The molecule has 34 heavy (non-hydrogen) atoms. The maximum absolute atomic E-state index is 13.7. The van der Waals surface area contributed by atoms with Crippen molar-refractivity contribution in [3.8, 4) is 11.1 Å². The molecule has 2 bridgehead atoms. The minimum Gasteiger partial charge on any atom is -0.481 e. The van der Waals surface area contributed by atoms with E-state index in [4.69, 9.17) is 4.74 Å². The van der Waals surface area contributed by atoms with Crippen LogP contribution in [0.3, 0.4) is 0 Å². The summed E-state index contributed by atoms with van der Waals surface area (Å²) in [5, 5.41) is 10.9. The third-order valence-corrected chi connectivity index (χ3v) is 7.05. The van der Waals surface area contributed by atoms with Gasteiger partial charge in [0.05, 0.1) is 5.92 Å². The van der Waals surface area contributed by atoms with Gasteiger partial charge in [-0.25, -0.2) is 4.79 Å². The van der Waals surface area contributed by atoms with E-state index in [1.807, 2.05) is 48.5 Å². The van der Waals surface area contributed by atoms with Crippen LogP contribution in [0.15, 0.2) is 48.5 Å². The van der Waals surface area contributed by atoms with Crippen molar-refractivity contribution in [1.82, 2.24) is 10.2 Å². The second-order valence-corrected chi connectivity index (χ2v) is 8.86. The van der Waals surface area contributed by atoms with Crippen molar-refractivity contribution in [3.63, 3.8) is 0 Å². The van der Waals surface area contributed by atoms with Gasteiger partial charge in [0.1, 0.15) is 6.61 Å². The van der Waals surface area contributed by atoms with E-state index in [-0.39, 0.29) is 25.0 Å². The number of benzene rings is 2. The Bertz CT molecular complexity index is 1120. The number of aliphatic carboxylic acids is 1. The summed E-state index contributed by atoms with van der Waals surface area (Å²) >= 11 is 0. The largest absolute Gasteiger partial charge is 0.481 e. The highest BCUT2D eigenvalue weighted by Gasteiger charge is 2.60. The molecular formula is C24H21F3N2O5. The van der Waals surface area contributed by atoms with Gasteiger partial charge in [-0.15, -0.1) is 0 Å². The molecule has 7 nitrogen and oxygen atoms in total. The molecule has 0 aromatic heterocycles. The van der Waals surface area contributed by atoms with Crippen LogP contribution in [0.25, 0.3) is 11.1 Å². The number of carbonyl (C=O) groups is 3. The fourth-order valence-electron chi connectivity index (χ4n) is 5.45. The molecule has 2 amide bonds. The molecular weight excluding hydrogens is 453 g/mol. The van der Waals surface area contributed by atoms with Crippen LogP contribution in [0.1, 0.15) is 23.5 Å². The predicted molar refractivity (Wildman–Crippen MR) is 113 cm³/mol. The number of hydrogen-bond donors (Lipinski definition) is 2. The van der Waals surface area contributed by atoms with E-state index >= 15 is 0 Å². The first-order valence-corrected chi connectivity index (χ1v) is 10.9. The minimum absolute atomic E-state index is 0.0700. The highest BCUT2D eigenvalue weighted by atomic mass is 19.4. The summed E-state index contributed by atoms with van der Waals surface area (Å²) in [6, 6.07) is 11.4. The normalized spacial score (nSPS) is 23.5. The van der Waals surface area contributed by atoms with Gasteiger partial charge in [-0.2, -0.15) is 13.2 Å². The first-order chi connectivity index (χ1) is 16.2. The van der Waals surface area contributed by atoms with Gasteiger partial charge in [0.2, 0.25) is 6.04 Å². The molecule has 4 atom stereocenters. The summed E-state index contributed by atoms with van der Waals surface area (Å²) in [4.78, 5) is 37.2. The van der Waals surface area contributed by atoms with E-state index in [1.165, 1.54) is 0 Å². The minimum atomic E-state index is -5.06. The monoisotopic (exact) mass is 474 g/mol. The molecule has 4 unspecified atom stereocenters. The highest BCUT2D eigenvalue weighted by molar-refractivity contribution is 5.88. The van der Waals surface area contributed by atoms with Crippen LogP contribution in [0.5, 0.6) is 0 Å². The predicted octanol–water partition coefficient (Wildman–Crippen LogP) is 3.39. The maximum Gasteiger partial charge on any atom is 0.417 e. The molecule has 2 aromatic carbocycles. The zero-order chi connectivity index (χ0) is 24.2. The standard InChI is InChI=1S/C24H21F3N2O5/c25-24(26,27)20(21(30)29-10-12-9-18(29)19(12)22(31)32)28-23(33)34-11-17-15-7-3-1-5-13(15)14-6-2-4-8-16(14)17/h1-8,12,17-20H,9-11H2,(H,28,33)(H,31,32). The summed E-state index contributed by atoms with van der Waals surface area (Å²) < 4.78 is 46.2. The van der Waals surface area contributed by atoms with Crippen molar-refractivity contribution in [3.05, 3.63) is 59.7 Å². The average Bonchev–Trinajstić information content (AvgIpc) is 3.45. The third-order valence-electron chi connectivity index (χ3n) is 7.05. The molecule has 178 valence electrons. The molecule has 4 aliphatic rings. The molecule has 10 heteroatoms. The van der Waals surface area contributed by atoms with Crippen LogP contribution < -0.4 is 5.32 Å². The molecule has 2 aliphatic heterocycles. The van der Waals surface area contributed by atoms with Crippen LogP contribution >= 0.6 is 0 Å². The Labute approximate surface area is 192 Å². The molecule has 2 aromatic rings. The third kappa shape index (κ3) is 3.57. The lowest BCUT2D eigenvalue weighted by atomic mass is 9.74. The van der Waals surface area contributed by atoms with Gasteiger partial charge >= 0.3 is 18.2 Å². The van der Waals surface area contributed by atoms with Crippen LogP contribution in [-0.4, -0.2) is 59.4 Å². The molecule has 2 saturated heterocycles. The number of ether oxygens (including phenoxy) is 1. The Hall–Kier alpha value is -3.56. The molecule has 1 saturated carbocycles. The molecule has 2 heterocycles. The van der Waals surface area contributed by atoms with E-state index < -0.39 is 42.1 Å². The maximum atomic E-state index is 13.7. The number of nitrogens with zero attached hydrogens (tertiary/aromatic N) is 1. The highest BCUT2D eigenvalue weighted by Crippen LogP contribution is 2.47. The molecule has 3 fully saturated rings. The number of rotatable bonds is 5. The lowest BCUT2D eigenvalue weighted by molar-refractivity contribution is -0.175. The molecule has 0 spiro atoms. The number of nitrogens with one attached hydrogen (secondary N) is 1. The van der Waals surface area contributed by atoms with Crippen LogP contribution in [0, 0.1) is 11.8 Å². The summed E-state index contributed by atoms with van der Waals surface area (Å²) in [6.45, 7) is -0.270. The smallest absolute Gasteiger partial charge is 0.417 e. The number of carboxylic acids is 1. The molecule has 2 N–H and O–H groups in total. The topological polar surface area (TPSA) is 95.9 Å². The first-order valence-electron chi connectivity index (χ1n) is 10.9. The fraction of sp³-hybridized carbons (Fsp3) is 0.375. The number of alkyl halides is 3. The van der Waals surface area contributed by atoms with Crippen molar-refractivity contribution in [2.24, 2.45) is 11.8 Å². The van der Waals surface area contributed by atoms with Gasteiger partial charge < -0.3 is 20.1 Å². The Morgan fingerprint density at radius 3 is 2.18 bits per heavy atom. The van der Waals surface area contributed by atoms with Gasteiger partial charge in [0, 0.05) is 18.5 Å². The van der Waals surface area contributed by atoms with Gasteiger partial charge in [0.15, 0.2) is 0 Å². The summed E-state index contributed by atoms with van der Waals surface area (Å²) in [7, 11) is 0. The van der Waals surface area contributed by atoms with Crippen LogP contribution in [0.2, 0.25) is 0 Å². The Morgan fingerprint density at radius 1 is 1.06 bits per heavy atom. The van der Waals surface area contributed by atoms with Crippen LogP contribution in [-0.2, 0) is 14.3 Å². The van der Waals surface area contributed by atoms with E-state index in [1.54, 1.807) is 5.32 Å². The number of fused-ring (bicyclic) bond motifs is 4. The SMILES string of the molecule is O=C(NC(C(=O)N1CC2CC1C2C(=O)O)C(F)(F)F)OCC1c2ccccc2-c2ccccc21. The number of carboxylic acid groups (broad SMARTS) is 1. The van der Waals surface area contributed by atoms with Crippen molar-refractivity contribution in [2.75, 3.05) is 13.2 Å². The number of carbonyl (C=O) groups excluding carboxylic acids is 2. The van der Waals surface area contributed by atoms with Gasteiger partial charge in [0.25, 0.3) is 5.91 Å². The number of amides is 2. The van der Waals surface area contributed by atoms with Gasteiger partial charge in [-0.3, -0.25) is 9.59 Å². The zero-order valence-corrected chi connectivity index (χ0v) is 17.8. The van der Waals surface area contributed by atoms with Crippen LogP contribution in [0.4, 0.5) is 18.0 Å². The quantitative estimate of drug-likeness (QED) is 0.693. The second-order valence-electron chi connectivity index (χ2n) is 8.86. The van der Waals surface area contributed by atoms with E-state index in [0.717, 1.165) is 27.2 Å². The summed E-state index contributed by atoms with van der Waals surface area (Å²) in [6.07, 6.45) is -6.08. The number of alkyl carbamates (subject to hydrolysis) is 1. The zero-order valence-electron chi connectivity index (χ0n) is 17.8. The summed E-state index contributed by atoms with van der Waals surface area (Å²) in [5.74, 6) is -4.08. The lowest BCUT2D eigenvalue weighted by Gasteiger charge is -2.34. The number of halogens is 3. The first kappa shape index (κ1) is 22.2. The van der Waals surface area contributed by atoms with Crippen molar-refractivity contribution in [2.45, 2.75) is 30.6 Å². The van der Waals surface area contributed by atoms with Gasteiger partial charge in [-0.1, -0.05) is 48.5 Å². The van der Waals surface area contributed by atoms with Crippen molar-refractivity contribution < 1.29 is 37.4 Å². The van der Waals surface area contributed by atoms with E-state index in [0.29, 0.717) is 6.42 Å². The molecule has 2 aliphatic carbocycles. The second kappa shape index (κ2) is 8.03. The molecule has 6 rings (SSSR count). The Morgan fingerprint density at radius 2 is 1.65 bits per heavy atom. The van der Waals surface area contributed by atoms with E-state index in [2.05, 4.69) is 0 Å². The van der Waals surface area contributed by atoms with E-state index in [9.17, 15) is 32.7 Å².